The van der Waals surface area contributed by atoms with Gasteiger partial charge in [-0.2, -0.15) is 17.0 Å². The van der Waals surface area contributed by atoms with Crippen molar-refractivity contribution in [2.45, 2.75) is 25.7 Å². The normalized spacial score (nSPS) is 24.8. The van der Waals surface area contributed by atoms with Crippen molar-refractivity contribution in [3.8, 4) is 0 Å². The Morgan fingerprint density at radius 1 is 0.897 bits per heavy atom. The summed E-state index contributed by atoms with van der Waals surface area (Å²) in [5, 5.41) is 1.88. The maximum Gasteiger partial charge on any atom is 0.282 e. The summed E-state index contributed by atoms with van der Waals surface area (Å²) in [6.45, 7) is 3.84. The van der Waals surface area contributed by atoms with E-state index >= 15 is 0 Å². The van der Waals surface area contributed by atoms with E-state index in [0.29, 0.717) is 57.2 Å². The van der Waals surface area contributed by atoms with Gasteiger partial charge in [-0.3, -0.25) is 9.59 Å². The molecular weight excluding hydrogens is 412 g/mol. The number of hydrogen-bond donors (Lipinski definition) is 0. The highest BCUT2D eigenvalue weighted by atomic mass is 32.2. The van der Waals surface area contributed by atoms with Gasteiger partial charge in [-0.25, -0.2) is 0 Å². The number of nitrogens with zero attached hydrogens (tertiary/aromatic N) is 4. The first-order valence-electron chi connectivity index (χ1n) is 10.3. The molecule has 2 amide bonds. The van der Waals surface area contributed by atoms with Crippen molar-refractivity contribution < 1.29 is 18.0 Å². The van der Waals surface area contributed by atoms with Crippen molar-refractivity contribution in [2.24, 2.45) is 5.92 Å². The molecule has 1 aromatic heterocycles. The van der Waals surface area contributed by atoms with Gasteiger partial charge in [0.2, 0.25) is 5.91 Å². The smallest absolute Gasteiger partial charge is 0.282 e. The van der Waals surface area contributed by atoms with E-state index in [1.165, 1.54) is 15.6 Å². The monoisotopic (exact) mass is 440 g/mol. The predicted molar refractivity (Wildman–Crippen MR) is 111 cm³/mol. The lowest BCUT2D eigenvalue weighted by Crippen LogP contribution is -2.56. The zero-order valence-corrected chi connectivity index (χ0v) is 18.2. The summed E-state index contributed by atoms with van der Waals surface area (Å²) in [6, 6.07) is 3.68. The Morgan fingerprint density at radius 2 is 1.59 bits per heavy atom. The van der Waals surface area contributed by atoms with Crippen LogP contribution in [0.4, 0.5) is 0 Å². The first kappa shape index (κ1) is 20.8. The van der Waals surface area contributed by atoms with Crippen LogP contribution in [0.5, 0.6) is 0 Å². The van der Waals surface area contributed by atoms with E-state index in [0.717, 1.165) is 25.7 Å². The third-order valence-electron chi connectivity index (χ3n) is 6.06. The van der Waals surface area contributed by atoms with Crippen LogP contribution >= 0.6 is 11.3 Å². The van der Waals surface area contributed by atoms with Crippen LogP contribution in [0.1, 0.15) is 35.4 Å². The number of piperidine rings is 1. The van der Waals surface area contributed by atoms with Crippen molar-refractivity contribution >= 4 is 33.4 Å². The highest BCUT2D eigenvalue weighted by molar-refractivity contribution is 7.86. The number of hydrogen-bond acceptors (Lipinski definition) is 5. The lowest BCUT2D eigenvalue weighted by Gasteiger charge is -2.39. The fourth-order valence-corrected chi connectivity index (χ4v) is 6.76. The van der Waals surface area contributed by atoms with Gasteiger partial charge in [0.1, 0.15) is 0 Å². The molecule has 0 aliphatic carbocycles. The minimum Gasteiger partial charge on any atom is -0.340 e. The summed E-state index contributed by atoms with van der Waals surface area (Å²) >= 11 is 1.42. The van der Waals surface area contributed by atoms with Crippen molar-refractivity contribution in [1.29, 1.82) is 0 Å². The van der Waals surface area contributed by atoms with Crippen LogP contribution in [0.3, 0.4) is 0 Å². The lowest BCUT2D eigenvalue weighted by atomic mass is 9.96. The summed E-state index contributed by atoms with van der Waals surface area (Å²) in [5.74, 6) is -0.152. The first-order valence-corrected chi connectivity index (χ1v) is 12.6. The molecule has 3 saturated heterocycles. The molecule has 3 aliphatic heterocycles. The van der Waals surface area contributed by atoms with Crippen LogP contribution in [-0.2, 0) is 15.0 Å². The minimum absolute atomic E-state index is 0.000902. The number of piperazine rings is 1. The Morgan fingerprint density at radius 3 is 2.24 bits per heavy atom. The molecule has 0 N–H and O–H groups in total. The SMILES string of the molecule is O=C(c1cccs1)N1CCCC(C(=O)N2CCN(S(=O)(=O)N3CCCC3)CC2)C1. The number of carbonyl (C=O) groups is 2. The first-order chi connectivity index (χ1) is 14.0. The molecule has 0 radical (unpaired) electrons. The summed E-state index contributed by atoms with van der Waals surface area (Å²) in [6.07, 6.45) is 3.43. The molecule has 160 valence electrons. The van der Waals surface area contributed by atoms with Crippen LogP contribution in [0.15, 0.2) is 17.5 Å². The van der Waals surface area contributed by atoms with Gasteiger partial charge < -0.3 is 9.80 Å². The molecule has 0 saturated carbocycles. The Bertz CT molecular complexity index is 828. The van der Waals surface area contributed by atoms with E-state index < -0.39 is 10.2 Å². The van der Waals surface area contributed by atoms with Crippen LogP contribution in [0.2, 0.25) is 0 Å². The second kappa shape index (κ2) is 8.71. The predicted octanol–water partition coefficient (Wildman–Crippen LogP) is 1.09. The number of amides is 2. The maximum atomic E-state index is 13.0. The molecule has 4 heterocycles. The zero-order chi connectivity index (χ0) is 20.4. The molecule has 3 fully saturated rings. The molecule has 0 aromatic carbocycles. The summed E-state index contributed by atoms with van der Waals surface area (Å²) in [4.78, 5) is 29.9. The molecule has 8 nitrogen and oxygen atoms in total. The van der Waals surface area contributed by atoms with Gasteiger partial charge in [-0.05, 0) is 37.1 Å². The molecule has 1 atom stereocenters. The maximum absolute atomic E-state index is 13.0. The molecule has 29 heavy (non-hydrogen) atoms. The van der Waals surface area contributed by atoms with Crippen molar-refractivity contribution in [3.05, 3.63) is 22.4 Å². The third-order valence-corrected chi connectivity index (χ3v) is 8.95. The van der Waals surface area contributed by atoms with E-state index in [-0.39, 0.29) is 17.7 Å². The molecule has 4 rings (SSSR count). The topological polar surface area (TPSA) is 81.2 Å². The Kier molecular flexibility index (Phi) is 6.24. The van der Waals surface area contributed by atoms with Gasteiger partial charge in [-0.1, -0.05) is 6.07 Å². The van der Waals surface area contributed by atoms with Crippen molar-refractivity contribution in [2.75, 3.05) is 52.4 Å². The largest absolute Gasteiger partial charge is 0.340 e. The van der Waals surface area contributed by atoms with Gasteiger partial charge in [-0.15, -0.1) is 11.3 Å². The Labute approximate surface area is 176 Å². The highest BCUT2D eigenvalue weighted by Crippen LogP contribution is 2.24. The second-order valence-corrected chi connectivity index (χ2v) is 10.8. The summed E-state index contributed by atoms with van der Waals surface area (Å²) in [5.41, 5.74) is 0. The number of likely N-dealkylation sites (tertiary alicyclic amines) is 1. The zero-order valence-electron chi connectivity index (χ0n) is 16.5. The number of rotatable bonds is 4. The van der Waals surface area contributed by atoms with Gasteiger partial charge >= 0.3 is 0 Å². The molecular formula is C19H28N4O4S2. The highest BCUT2D eigenvalue weighted by Gasteiger charge is 2.37. The van der Waals surface area contributed by atoms with Crippen LogP contribution in [0.25, 0.3) is 0 Å². The average Bonchev–Trinajstić information content (AvgIpc) is 3.47. The van der Waals surface area contributed by atoms with Gasteiger partial charge in [0.15, 0.2) is 0 Å². The Hall–Kier alpha value is -1.49. The second-order valence-electron chi connectivity index (χ2n) is 7.91. The van der Waals surface area contributed by atoms with Crippen LogP contribution in [-0.4, -0.2) is 91.0 Å². The Balaban J connectivity index is 1.33. The molecule has 1 aromatic rings. The average molecular weight is 441 g/mol. The van der Waals surface area contributed by atoms with Crippen LogP contribution < -0.4 is 0 Å². The number of thiophene rings is 1. The fourth-order valence-electron chi connectivity index (χ4n) is 4.40. The molecule has 1 unspecified atom stereocenters. The van der Waals surface area contributed by atoms with E-state index in [1.807, 2.05) is 17.5 Å². The van der Waals surface area contributed by atoms with Gasteiger partial charge in [0.25, 0.3) is 16.1 Å². The standard InChI is InChI=1S/C19H28N4O4S2/c24-18(16-5-3-7-21(15-16)19(25)17-6-4-14-28-17)20-10-12-23(13-11-20)29(26,27)22-8-1-2-9-22/h4,6,14,16H,1-3,5,7-13,15H2. The van der Waals surface area contributed by atoms with E-state index in [9.17, 15) is 18.0 Å². The quantitative estimate of drug-likeness (QED) is 0.702. The summed E-state index contributed by atoms with van der Waals surface area (Å²) < 4.78 is 28.5. The summed E-state index contributed by atoms with van der Waals surface area (Å²) in [7, 11) is -3.40. The van der Waals surface area contributed by atoms with Crippen LogP contribution in [0, 0.1) is 5.92 Å². The lowest BCUT2D eigenvalue weighted by molar-refractivity contribution is -0.138. The van der Waals surface area contributed by atoms with E-state index in [4.69, 9.17) is 0 Å². The molecule has 0 spiro atoms. The van der Waals surface area contributed by atoms with Crippen molar-refractivity contribution in [1.82, 2.24) is 18.4 Å². The van der Waals surface area contributed by atoms with E-state index in [1.54, 1.807) is 14.1 Å². The van der Waals surface area contributed by atoms with Gasteiger partial charge in [0, 0.05) is 52.4 Å². The number of carbonyl (C=O) groups excluding carboxylic acids is 2. The van der Waals surface area contributed by atoms with Gasteiger partial charge in [0.05, 0.1) is 10.8 Å². The molecule has 10 heteroatoms. The minimum atomic E-state index is -3.40. The van der Waals surface area contributed by atoms with Crippen molar-refractivity contribution in [3.63, 3.8) is 0 Å². The third kappa shape index (κ3) is 4.35. The molecule has 3 aliphatic rings. The van der Waals surface area contributed by atoms with E-state index in [2.05, 4.69) is 0 Å². The fraction of sp³-hybridized carbons (Fsp3) is 0.684. The molecule has 0 bridgehead atoms.